The van der Waals surface area contributed by atoms with Crippen LogP contribution in [0.4, 0.5) is 0 Å². The van der Waals surface area contributed by atoms with Gasteiger partial charge in [0.2, 0.25) is 11.8 Å². The predicted octanol–water partition coefficient (Wildman–Crippen LogP) is 1.27. The second-order valence-corrected chi connectivity index (χ2v) is 6.07. The maximum Gasteiger partial charge on any atom is 0.242 e. The van der Waals surface area contributed by atoms with Crippen molar-refractivity contribution in [2.45, 2.75) is 38.5 Å². The third-order valence-corrected chi connectivity index (χ3v) is 4.51. The molecule has 0 aromatic carbocycles. The van der Waals surface area contributed by atoms with Crippen molar-refractivity contribution in [1.82, 2.24) is 15.1 Å². The summed E-state index contributed by atoms with van der Waals surface area (Å²) in [7, 11) is 1.75. The molecule has 1 heterocycles. The fraction of sp³-hybridized carbons (Fsp3) is 0.867. The van der Waals surface area contributed by atoms with E-state index in [0.717, 1.165) is 38.5 Å². The summed E-state index contributed by atoms with van der Waals surface area (Å²) in [6, 6.07) is 0. The molecular weight excluding hydrogens is 290 g/mol. The molecule has 5 nitrogen and oxygen atoms in total. The number of carbonyl (C=O) groups is 2. The van der Waals surface area contributed by atoms with Gasteiger partial charge in [0, 0.05) is 39.6 Å². The molecule has 2 aliphatic rings. The molecule has 1 aliphatic carbocycles. The van der Waals surface area contributed by atoms with Crippen LogP contribution in [0, 0.1) is 5.92 Å². The molecule has 0 aromatic rings. The van der Waals surface area contributed by atoms with Crippen molar-refractivity contribution < 1.29 is 9.59 Å². The SMILES string of the molecule is CN(CC(=O)N1CCNCC1)C(=O)CCC1CCCC1.Cl. The third-order valence-electron chi connectivity index (χ3n) is 4.51. The molecule has 0 bridgehead atoms. The Morgan fingerprint density at radius 1 is 1.19 bits per heavy atom. The molecule has 6 heteroatoms. The van der Waals surface area contributed by atoms with E-state index in [2.05, 4.69) is 5.32 Å². The highest BCUT2D eigenvalue weighted by Crippen LogP contribution is 2.28. The van der Waals surface area contributed by atoms with Crippen LogP contribution in [-0.4, -0.2) is 61.4 Å². The van der Waals surface area contributed by atoms with Gasteiger partial charge in [-0.2, -0.15) is 0 Å². The topological polar surface area (TPSA) is 52.7 Å². The van der Waals surface area contributed by atoms with Crippen LogP contribution in [0.3, 0.4) is 0 Å². The highest BCUT2D eigenvalue weighted by molar-refractivity contribution is 5.85. The summed E-state index contributed by atoms with van der Waals surface area (Å²) >= 11 is 0. The molecule has 0 spiro atoms. The number of likely N-dealkylation sites (N-methyl/N-ethyl adjacent to an activating group) is 1. The number of hydrogen-bond acceptors (Lipinski definition) is 3. The van der Waals surface area contributed by atoms with Gasteiger partial charge in [0.1, 0.15) is 0 Å². The Balaban J connectivity index is 0.00000220. The van der Waals surface area contributed by atoms with Crippen molar-refractivity contribution >= 4 is 24.2 Å². The van der Waals surface area contributed by atoms with Gasteiger partial charge in [0.05, 0.1) is 6.54 Å². The van der Waals surface area contributed by atoms with Gasteiger partial charge < -0.3 is 15.1 Å². The van der Waals surface area contributed by atoms with Gasteiger partial charge in [-0.15, -0.1) is 12.4 Å². The van der Waals surface area contributed by atoms with Crippen LogP contribution in [0.2, 0.25) is 0 Å². The highest BCUT2D eigenvalue weighted by atomic mass is 35.5. The number of amides is 2. The summed E-state index contributed by atoms with van der Waals surface area (Å²) in [4.78, 5) is 27.6. The molecule has 2 fully saturated rings. The van der Waals surface area contributed by atoms with Gasteiger partial charge in [0.15, 0.2) is 0 Å². The molecule has 2 rings (SSSR count). The van der Waals surface area contributed by atoms with Crippen LogP contribution < -0.4 is 5.32 Å². The molecule has 1 saturated heterocycles. The molecule has 0 radical (unpaired) electrons. The average molecular weight is 318 g/mol. The number of carbonyl (C=O) groups excluding carboxylic acids is 2. The van der Waals surface area contributed by atoms with Gasteiger partial charge in [-0.3, -0.25) is 9.59 Å². The van der Waals surface area contributed by atoms with E-state index in [0.29, 0.717) is 6.42 Å². The van der Waals surface area contributed by atoms with Gasteiger partial charge in [-0.05, 0) is 12.3 Å². The number of nitrogens with one attached hydrogen (secondary N) is 1. The van der Waals surface area contributed by atoms with E-state index >= 15 is 0 Å². The highest BCUT2D eigenvalue weighted by Gasteiger charge is 2.21. The molecule has 1 aliphatic heterocycles. The monoisotopic (exact) mass is 317 g/mol. The first-order valence-electron chi connectivity index (χ1n) is 7.89. The minimum Gasteiger partial charge on any atom is -0.339 e. The van der Waals surface area contributed by atoms with Crippen LogP contribution in [-0.2, 0) is 9.59 Å². The normalized spacial score (nSPS) is 19.2. The third kappa shape index (κ3) is 5.83. The molecule has 1 N–H and O–H groups in total. The van der Waals surface area contributed by atoms with E-state index in [-0.39, 0.29) is 30.8 Å². The zero-order chi connectivity index (χ0) is 14.4. The van der Waals surface area contributed by atoms with Crippen molar-refractivity contribution in [3.05, 3.63) is 0 Å². The van der Waals surface area contributed by atoms with E-state index in [1.807, 2.05) is 4.90 Å². The molecular formula is C15H28ClN3O2. The first-order valence-corrected chi connectivity index (χ1v) is 7.89. The maximum absolute atomic E-state index is 12.1. The lowest BCUT2D eigenvalue weighted by molar-refractivity contribution is -0.139. The van der Waals surface area contributed by atoms with Crippen LogP contribution in [0.1, 0.15) is 38.5 Å². The van der Waals surface area contributed by atoms with Gasteiger partial charge >= 0.3 is 0 Å². The van der Waals surface area contributed by atoms with Gasteiger partial charge in [-0.1, -0.05) is 25.7 Å². The lowest BCUT2D eigenvalue weighted by Crippen LogP contribution is -2.49. The number of halogens is 1. The Kier molecular flexibility index (Phi) is 8.04. The van der Waals surface area contributed by atoms with Gasteiger partial charge in [-0.25, -0.2) is 0 Å². The minimum atomic E-state index is 0. The molecule has 1 saturated carbocycles. The van der Waals surface area contributed by atoms with Crippen molar-refractivity contribution in [3.63, 3.8) is 0 Å². The van der Waals surface area contributed by atoms with Gasteiger partial charge in [0.25, 0.3) is 0 Å². The van der Waals surface area contributed by atoms with Crippen molar-refractivity contribution in [2.75, 3.05) is 39.8 Å². The average Bonchev–Trinajstić information content (AvgIpc) is 2.98. The number of piperazine rings is 1. The van der Waals surface area contributed by atoms with E-state index < -0.39 is 0 Å². The lowest BCUT2D eigenvalue weighted by atomic mass is 10.0. The summed E-state index contributed by atoms with van der Waals surface area (Å²) in [6.07, 6.45) is 6.76. The predicted molar refractivity (Wildman–Crippen MR) is 85.5 cm³/mol. The van der Waals surface area contributed by atoms with Crippen LogP contribution in [0.25, 0.3) is 0 Å². The Morgan fingerprint density at radius 2 is 1.81 bits per heavy atom. The van der Waals surface area contributed by atoms with Crippen LogP contribution in [0.15, 0.2) is 0 Å². The smallest absolute Gasteiger partial charge is 0.242 e. The van der Waals surface area contributed by atoms with E-state index in [1.54, 1.807) is 11.9 Å². The van der Waals surface area contributed by atoms with Crippen molar-refractivity contribution in [3.8, 4) is 0 Å². The minimum absolute atomic E-state index is 0. The summed E-state index contributed by atoms with van der Waals surface area (Å²) in [5.74, 6) is 0.917. The Bertz CT molecular complexity index is 340. The second kappa shape index (κ2) is 9.26. The number of hydrogen-bond donors (Lipinski definition) is 1. The quantitative estimate of drug-likeness (QED) is 0.831. The molecule has 2 amide bonds. The molecule has 0 unspecified atom stereocenters. The molecule has 0 atom stereocenters. The van der Waals surface area contributed by atoms with Crippen molar-refractivity contribution in [2.24, 2.45) is 5.92 Å². The fourth-order valence-electron chi connectivity index (χ4n) is 3.12. The summed E-state index contributed by atoms with van der Waals surface area (Å²) in [6.45, 7) is 3.44. The first kappa shape index (κ1) is 18.2. The second-order valence-electron chi connectivity index (χ2n) is 6.07. The van der Waals surface area contributed by atoms with Crippen molar-refractivity contribution in [1.29, 1.82) is 0 Å². The van der Waals surface area contributed by atoms with E-state index in [4.69, 9.17) is 0 Å². The standard InChI is InChI=1S/C15H27N3O2.ClH/c1-17(12-15(20)18-10-8-16-9-11-18)14(19)7-6-13-4-2-3-5-13;/h13,16H,2-12H2,1H3;1H. The van der Waals surface area contributed by atoms with Crippen LogP contribution >= 0.6 is 12.4 Å². The summed E-state index contributed by atoms with van der Waals surface area (Å²) in [5.41, 5.74) is 0. The van der Waals surface area contributed by atoms with E-state index in [1.165, 1.54) is 25.7 Å². The Morgan fingerprint density at radius 3 is 2.43 bits per heavy atom. The zero-order valence-electron chi connectivity index (χ0n) is 13.0. The maximum atomic E-state index is 12.1. The Labute approximate surface area is 133 Å². The van der Waals surface area contributed by atoms with Crippen LogP contribution in [0.5, 0.6) is 0 Å². The molecule has 21 heavy (non-hydrogen) atoms. The van der Waals surface area contributed by atoms with E-state index in [9.17, 15) is 9.59 Å². The fourth-order valence-corrected chi connectivity index (χ4v) is 3.12. The summed E-state index contributed by atoms with van der Waals surface area (Å²) in [5, 5.41) is 3.22. The lowest BCUT2D eigenvalue weighted by Gasteiger charge is -2.29. The number of rotatable bonds is 5. The molecule has 122 valence electrons. The Hall–Kier alpha value is -0.810. The first-order chi connectivity index (χ1) is 9.66. The summed E-state index contributed by atoms with van der Waals surface area (Å²) < 4.78 is 0. The zero-order valence-corrected chi connectivity index (χ0v) is 13.8. The number of nitrogens with zero attached hydrogens (tertiary/aromatic N) is 2. The largest absolute Gasteiger partial charge is 0.339 e. The molecule has 0 aromatic heterocycles.